The van der Waals surface area contributed by atoms with E-state index in [4.69, 9.17) is 4.42 Å². The molecule has 56 valence electrons. The van der Waals surface area contributed by atoms with E-state index in [-0.39, 0.29) is 0 Å². The van der Waals surface area contributed by atoms with Gasteiger partial charge in [-0.1, -0.05) is 18.7 Å². The lowest BCUT2D eigenvalue weighted by Gasteiger charge is -1.84. The van der Waals surface area contributed by atoms with Gasteiger partial charge in [-0.3, -0.25) is 0 Å². The van der Waals surface area contributed by atoms with Crippen molar-refractivity contribution in [2.75, 3.05) is 5.75 Å². The van der Waals surface area contributed by atoms with Gasteiger partial charge in [0.05, 0.1) is 0 Å². The van der Waals surface area contributed by atoms with Gasteiger partial charge >= 0.3 is 0 Å². The molecule has 0 aliphatic rings. The van der Waals surface area contributed by atoms with E-state index in [1.54, 1.807) is 11.8 Å². The maximum Gasteiger partial charge on any atom is 0.276 e. The average Bonchev–Trinajstić information content (AvgIpc) is 2.37. The summed E-state index contributed by atoms with van der Waals surface area (Å²) in [6.07, 6.45) is 0. The van der Waals surface area contributed by atoms with Crippen LogP contribution in [0.5, 0.6) is 0 Å². The van der Waals surface area contributed by atoms with E-state index in [1.165, 1.54) is 0 Å². The molecule has 0 atom stereocenters. The quantitative estimate of drug-likeness (QED) is 0.628. The van der Waals surface area contributed by atoms with Crippen molar-refractivity contribution in [1.29, 1.82) is 0 Å². The van der Waals surface area contributed by atoms with Crippen LogP contribution >= 0.6 is 11.8 Å². The highest BCUT2D eigenvalue weighted by atomic mass is 32.2. The van der Waals surface area contributed by atoms with Gasteiger partial charge in [-0.15, -0.1) is 10.2 Å². The second-order valence-electron chi connectivity index (χ2n) is 1.64. The predicted octanol–water partition coefficient (Wildman–Crippen LogP) is -0.0765. The van der Waals surface area contributed by atoms with E-state index >= 15 is 0 Å². The van der Waals surface area contributed by atoms with Crippen molar-refractivity contribution >= 4 is 11.8 Å². The third kappa shape index (κ3) is 1.71. The van der Waals surface area contributed by atoms with E-state index in [9.17, 15) is 0 Å². The lowest BCUT2D eigenvalue weighted by molar-refractivity contribution is -0.391. The Morgan fingerprint density at radius 3 is 2.90 bits per heavy atom. The molecule has 0 fully saturated rings. The van der Waals surface area contributed by atoms with Crippen LogP contribution in [0.15, 0.2) is 9.64 Å². The topological polar surface area (TPSA) is 66.6 Å². The first-order valence-corrected chi connectivity index (χ1v) is 4.09. The first kappa shape index (κ1) is 7.56. The van der Waals surface area contributed by atoms with Crippen molar-refractivity contribution in [3.63, 3.8) is 0 Å². The molecule has 0 radical (unpaired) electrons. The van der Waals surface area contributed by atoms with Crippen LogP contribution in [0.3, 0.4) is 0 Å². The summed E-state index contributed by atoms with van der Waals surface area (Å²) >= 11 is 1.54. The Hall–Kier alpha value is -0.550. The third-order valence-electron chi connectivity index (χ3n) is 0.930. The summed E-state index contributed by atoms with van der Waals surface area (Å²) in [5.74, 6) is 1.56. The van der Waals surface area contributed by atoms with Gasteiger partial charge in [0.1, 0.15) is 0 Å². The lowest BCUT2D eigenvalue weighted by atomic mass is 10.7. The van der Waals surface area contributed by atoms with Crippen LogP contribution in [-0.4, -0.2) is 16.0 Å². The minimum atomic E-state index is 0.567. The van der Waals surface area contributed by atoms with Crippen molar-refractivity contribution < 1.29 is 10.2 Å². The van der Waals surface area contributed by atoms with E-state index in [2.05, 4.69) is 15.9 Å². The second kappa shape index (κ2) is 3.58. The highest BCUT2D eigenvalue weighted by Gasteiger charge is 2.03. The summed E-state index contributed by atoms with van der Waals surface area (Å²) in [6, 6.07) is 0. The monoisotopic (exact) mass is 160 g/mol. The molecule has 0 saturated heterocycles. The van der Waals surface area contributed by atoms with E-state index in [1.807, 2.05) is 6.92 Å². The van der Waals surface area contributed by atoms with Crippen molar-refractivity contribution in [2.45, 2.75) is 18.7 Å². The minimum Gasteiger partial charge on any atom is -0.410 e. The average molecular weight is 160 g/mol. The zero-order chi connectivity index (χ0) is 7.40. The molecule has 0 aliphatic heterocycles. The summed E-state index contributed by atoms with van der Waals surface area (Å²) < 4.78 is 5.15. The van der Waals surface area contributed by atoms with Crippen LogP contribution in [0.4, 0.5) is 0 Å². The summed E-state index contributed by atoms with van der Waals surface area (Å²) in [7, 11) is 0. The highest BCUT2D eigenvalue weighted by molar-refractivity contribution is 7.99. The van der Waals surface area contributed by atoms with Crippen molar-refractivity contribution in [2.24, 2.45) is 0 Å². The zero-order valence-electron chi connectivity index (χ0n) is 5.83. The Labute approximate surface area is 63.2 Å². The number of hydrogen-bond donors (Lipinski definition) is 1. The number of hydrogen-bond acceptors (Lipinski definition) is 4. The minimum absolute atomic E-state index is 0.567. The third-order valence-corrected chi connectivity index (χ3v) is 1.63. The molecule has 4 nitrogen and oxygen atoms in total. The molecule has 0 saturated carbocycles. The van der Waals surface area contributed by atoms with Gasteiger partial charge < -0.3 is 10.2 Å². The Balaban J connectivity index is 2.59. The van der Waals surface area contributed by atoms with E-state index in [0.29, 0.717) is 17.7 Å². The summed E-state index contributed by atoms with van der Waals surface area (Å²) in [4.78, 5) is 0. The zero-order valence-corrected chi connectivity index (χ0v) is 6.65. The number of rotatable bonds is 3. The molecule has 0 aliphatic carbocycles. The normalized spacial score (nSPS) is 10.2. The summed E-state index contributed by atoms with van der Waals surface area (Å²) in [5, 5.41) is 8.18. The fraction of sp³-hybridized carbons (Fsp3) is 0.600. The Kier molecular flexibility index (Phi) is 2.70. The molecule has 0 spiro atoms. The molecule has 3 N–H and O–H groups in total. The molecule has 1 rings (SSSR count). The smallest absolute Gasteiger partial charge is 0.276 e. The number of nitrogens with zero attached hydrogens (tertiary/aromatic N) is 2. The molecule has 1 aromatic heterocycles. The van der Waals surface area contributed by atoms with Crippen LogP contribution in [0.2, 0.25) is 0 Å². The number of aromatic nitrogens is 2. The van der Waals surface area contributed by atoms with Gasteiger partial charge in [0.2, 0.25) is 0 Å². The maximum absolute atomic E-state index is 5.15. The van der Waals surface area contributed by atoms with E-state index in [0.717, 1.165) is 5.75 Å². The molecule has 10 heavy (non-hydrogen) atoms. The molecule has 1 heterocycles. The van der Waals surface area contributed by atoms with Gasteiger partial charge in [0.25, 0.3) is 11.1 Å². The first-order valence-electron chi connectivity index (χ1n) is 3.11. The van der Waals surface area contributed by atoms with Crippen LogP contribution in [0.25, 0.3) is 0 Å². The fourth-order valence-corrected chi connectivity index (χ4v) is 1.02. The predicted molar refractivity (Wildman–Crippen MR) is 37.3 cm³/mol. The molecule has 0 aromatic carbocycles. The molecular weight excluding hydrogens is 150 g/mol. The Morgan fingerprint density at radius 2 is 2.40 bits per heavy atom. The molecule has 0 amide bonds. The van der Waals surface area contributed by atoms with Gasteiger partial charge in [-0.2, -0.15) is 0 Å². The largest absolute Gasteiger partial charge is 0.410 e. The fourth-order valence-electron chi connectivity index (χ4n) is 0.521. The Morgan fingerprint density at radius 1 is 1.60 bits per heavy atom. The first-order chi connectivity index (χ1) is 4.86. The van der Waals surface area contributed by atoms with Crippen LogP contribution < -0.4 is 5.73 Å². The SMILES string of the molecule is CCSc1nnc(C[NH3+])o1. The molecule has 1 aromatic rings. The standard InChI is InChI=1S/C5H9N3OS/c1-2-10-5-8-7-4(3-6)9-5/h2-3,6H2,1H3/p+1. The van der Waals surface area contributed by atoms with E-state index < -0.39 is 0 Å². The highest BCUT2D eigenvalue weighted by Crippen LogP contribution is 2.14. The summed E-state index contributed by atoms with van der Waals surface area (Å²) in [6.45, 7) is 2.61. The lowest BCUT2D eigenvalue weighted by Crippen LogP contribution is -2.47. The Bertz CT molecular complexity index is 201. The molecule has 0 bridgehead atoms. The van der Waals surface area contributed by atoms with Gasteiger partial charge in [-0.05, 0) is 5.75 Å². The van der Waals surface area contributed by atoms with Gasteiger partial charge in [0.15, 0.2) is 6.54 Å². The van der Waals surface area contributed by atoms with Crippen molar-refractivity contribution in [3.05, 3.63) is 5.89 Å². The summed E-state index contributed by atoms with van der Waals surface area (Å²) in [5.41, 5.74) is 3.62. The molecule has 5 heteroatoms. The second-order valence-corrected chi connectivity index (χ2v) is 2.86. The van der Waals surface area contributed by atoms with Crippen molar-refractivity contribution in [3.8, 4) is 0 Å². The van der Waals surface area contributed by atoms with Crippen LogP contribution in [-0.2, 0) is 6.54 Å². The molecule has 0 unspecified atom stereocenters. The number of quaternary nitrogens is 1. The van der Waals surface area contributed by atoms with Crippen molar-refractivity contribution in [1.82, 2.24) is 10.2 Å². The van der Waals surface area contributed by atoms with Crippen LogP contribution in [0.1, 0.15) is 12.8 Å². The molecular formula is C5H10N3OS+. The van der Waals surface area contributed by atoms with Gasteiger partial charge in [0, 0.05) is 0 Å². The maximum atomic E-state index is 5.15. The number of thioether (sulfide) groups is 1. The van der Waals surface area contributed by atoms with Crippen LogP contribution in [0, 0.1) is 0 Å². The van der Waals surface area contributed by atoms with Gasteiger partial charge in [-0.25, -0.2) is 0 Å².